The van der Waals surface area contributed by atoms with Gasteiger partial charge >= 0.3 is 0 Å². The van der Waals surface area contributed by atoms with Crippen LogP contribution in [0.2, 0.25) is 0 Å². The first-order chi connectivity index (χ1) is 15.6. The fourth-order valence-electron chi connectivity index (χ4n) is 3.19. The summed E-state index contributed by atoms with van der Waals surface area (Å²) < 4.78 is 39.1. The number of benzene rings is 2. The fourth-order valence-corrected chi connectivity index (χ4v) is 3.44. The van der Waals surface area contributed by atoms with E-state index in [4.69, 9.17) is 21.4 Å². The summed E-state index contributed by atoms with van der Waals surface area (Å²) in [6, 6.07) is 14.6. The molecule has 0 amide bonds. The van der Waals surface area contributed by atoms with Crippen LogP contribution in [0.3, 0.4) is 0 Å². The number of anilines is 1. The average Bonchev–Trinajstić information content (AvgIpc) is 3.17. The largest absolute Gasteiger partial charge is 0.489 e. The van der Waals surface area contributed by atoms with Crippen LogP contribution in [0.25, 0.3) is 11.0 Å². The summed E-state index contributed by atoms with van der Waals surface area (Å²) in [4.78, 5) is 4.24. The minimum Gasteiger partial charge on any atom is -0.489 e. The topological polar surface area (TPSA) is 59.3 Å². The number of nitrogens with zero attached hydrogens (tertiary/aromatic N) is 1. The maximum Gasteiger partial charge on any atom is 0.204 e. The second-order valence-corrected chi connectivity index (χ2v) is 7.48. The summed E-state index contributed by atoms with van der Waals surface area (Å²) in [6.07, 6.45) is 4.32. The summed E-state index contributed by atoms with van der Waals surface area (Å²) in [6.45, 7) is 1.92. The van der Waals surface area contributed by atoms with Crippen LogP contribution in [0.15, 0.2) is 71.4 Å². The molecule has 4 rings (SSSR count). The monoisotopic (exact) mass is 453 g/mol. The van der Waals surface area contributed by atoms with Gasteiger partial charge in [-0.05, 0) is 48.9 Å². The van der Waals surface area contributed by atoms with E-state index in [9.17, 15) is 8.78 Å². The van der Waals surface area contributed by atoms with Crippen LogP contribution in [0, 0.1) is 11.6 Å². The molecule has 8 heteroatoms. The second kappa shape index (κ2) is 10.3. The molecule has 0 saturated heterocycles. The smallest absolute Gasteiger partial charge is 0.204 e. The van der Waals surface area contributed by atoms with Gasteiger partial charge < -0.3 is 19.8 Å². The Hall–Kier alpha value is -3.36. The maximum atomic E-state index is 14.0. The van der Waals surface area contributed by atoms with Gasteiger partial charge in [0.1, 0.15) is 17.2 Å². The minimum atomic E-state index is -0.745. The van der Waals surface area contributed by atoms with Crippen molar-refractivity contribution in [2.24, 2.45) is 0 Å². The molecule has 0 saturated carbocycles. The van der Waals surface area contributed by atoms with Crippen molar-refractivity contribution in [3.63, 3.8) is 0 Å². The van der Waals surface area contributed by atoms with E-state index in [0.717, 1.165) is 42.6 Å². The molecule has 5 nitrogen and oxygen atoms in total. The number of thiocarbonyl (C=S) groups is 1. The molecule has 0 aliphatic rings. The number of hydrogen-bond donors (Lipinski definition) is 2. The van der Waals surface area contributed by atoms with Crippen molar-refractivity contribution in [1.29, 1.82) is 0 Å². The Balaban J connectivity index is 1.41. The molecule has 0 unspecified atom stereocenters. The number of rotatable bonds is 9. The van der Waals surface area contributed by atoms with E-state index in [1.165, 1.54) is 6.07 Å². The third-order valence-corrected chi connectivity index (χ3v) is 5.02. The van der Waals surface area contributed by atoms with Gasteiger partial charge in [-0.3, -0.25) is 4.98 Å². The number of furan rings is 1. The zero-order chi connectivity index (χ0) is 22.3. The van der Waals surface area contributed by atoms with Crippen molar-refractivity contribution < 1.29 is 17.9 Å². The highest BCUT2D eigenvalue weighted by atomic mass is 32.1. The number of ether oxygens (including phenoxy) is 1. The van der Waals surface area contributed by atoms with Crippen molar-refractivity contribution >= 4 is 33.9 Å². The first-order valence-corrected chi connectivity index (χ1v) is 10.5. The number of nitrogens with one attached hydrogen (secondary N) is 2. The standard InChI is InChI=1S/C24H21F2N3O2S/c25-17-8-9-20(19(26)13-17)29-24(32)23-22(18-6-1-2-7-21(18)31-23)30-12-4-11-28-15-16-5-3-10-27-14-16/h1-3,5-10,13-14,28H,4,11-12,15H2,(H,29,32). The Bertz CT molecular complexity index is 1210. The second-order valence-electron chi connectivity index (χ2n) is 7.07. The van der Waals surface area contributed by atoms with Gasteiger partial charge in [0.05, 0.1) is 17.7 Å². The molecule has 0 fully saturated rings. The molecule has 0 radical (unpaired) electrons. The molecule has 0 aliphatic heterocycles. The van der Waals surface area contributed by atoms with Crippen molar-refractivity contribution in [1.82, 2.24) is 10.3 Å². The number of halogens is 2. The summed E-state index contributed by atoms with van der Waals surface area (Å²) in [5.41, 5.74) is 1.78. The van der Waals surface area contributed by atoms with Gasteiger partial charge in [0, 0.05) is 25.0 Å². The van der Waals surface area contributed by atoms with Gasteiger partial charge in [-0.25, -0.2) is 8.78 Å². The highest BCUT2D eigenvalue weighted by Crippen LogP contribution is 2.34. The maximum absolute atomic E-state index is 14.0. The van der Waals surface area contributed by atoms with Crippen LogP contribution < -0.4 is 15.4 Å². The van der Waals surface area contributed by atoms with Gasteiger partial charge in [0.25, 0.3) is 0 Å². The zero-order valence-corrected chi connectivity index (χ0v) is 17.9. The fraction of sp³-hybridized carbons (Fsp3) is 0.167. The van der Waals surface area contributed by atoms with Crippen LogP contribution in [-0.4, -0.2) is 23.1 Å². The van der Waals surface area contributed by atoms with E-state index in [0.29, 0.717) is 23.7 Å². The lowest BCUT2D eigenvalue weighted by Gasteiger charge is -2.10. The van der Waals surface area contributed by atoms with Gasteiger partial charge in [0.2, 0.25) is 5.76 Å². The van der Waals surface area contributed by atoms with Gasteiger partial charge in [0.15, 0.2) is 10.7 Å². The number of pyridine rings is 1. The highest BCUT2D eigenvalue weighted by Gasteiger charge is 2.20. The predicted molar refractivity (Wildman–Crippen MR) is 124 cm³/mol. The average molecular weight is 454 g/mol. The number of para-hydroxylation sites is 1. The van der Waals surface area contributed by atoms with Crippen LogP contribution in [0.5, 0.6) is 5.75 Å². The predicted octanol–water partition coefficient (Wildman–Crippen LogP) is 5.45. The third kappa shape index (κ3) is 5.27. The summed E-state index contributed by atoms with van der Waals surface area (Å²) in [5.74, 6) is -0.615. The Kier molecular flexibility index (Phi) is 7.03. The molecule has 2 N–H and O–H groups in total. The van der Waals surface area contributed by atoms with E-state index in [1.54, 1.807) is 6.20 Å². The zero-order valence-electron chi connectivity index (χ0n) is 17.1. The molecule has 0 atom stereocenters. The van der Waals surface area contributed by atoms with Crippen molar-refractivity contribution in [3.05, 3.63) is 89.9 Å². The summed E-state index contributed by atoms with van der Waals surface area (Å²) >= 11 is 5.43. The van der Waals surface area contributed by atoms with Gasteiger partial charge in [-0.1, -0.05) is 30.4 Å². The van der Waals surface area contributed by atoms with E-state index < -0.39 is 11.6 Å². The van der Waals surface area contributed by atoms with Gasteiger partial charge in [-0.2, -0.15) is 0 Å². The molecular weight excluding hydrogens is 432 g/mol. The summed E-state index contributed by atoms with van der Waals surface area (Å²) in [5, 5.41) is 6.90. The Morgan fingerprint density at radius 3 is 2.78 bits per heavy atom. The lowest BCUT2D eigenvalue weighted by atomic mass is 10.2. The third-order valence-electron chi connectivity index (χ3n) is 4.73. The van der Waals surface area contributed by atoms with E-state index in [-0.39, 0.29) is 10.7 Å². The first kappa shape index (κ1) is 21.9. The molecule has 2 aromatic carbocycles. The molecule has 0 spiro atoms. The van der Waals surface area contributed by atoms with Crippen LogP contribution >= 0.6 is 12.2 Å². The quantitative estimate of drug-likeness (QED) is 0.260. The van der Waals surface area contributed by atoms with Crippen molar-refractivity contribution in [3.8, 4) is 5.75 Å². The molecule has 2 aromatic heterocycles. The highest BCUT2D eigenvalue weighted by molar-refractivity contribution is 7.81. The van der Waals surface area contributed by atoms with E-state index >= 15 is 0 Å². The van der Waals surface area contributed by atoms with Crippen LogP contribution in [0.4, 0.5) is 14.5 Å². The minimum absolute atomic E-state index is 0.0578. The molecule has 4 aromatic rings. The molecular formula is C24H21F2N3O2S. The Labute approximate surface area is 189 Å². The molecule has 164 valence electrons. The number of fused-ring (bicyclic) bond motifs is 1. The molecule has 0 bridgehead atoms. The number of hydrogen-bond acceptors (Lipinski definition) is 5. The SMILES string of the molecule is Fc1ccc(NC(=S)c2oc3ccccc3c2OCCCNCc2cccnc2)c(F)c1. The first-order valence-electron chi connectivity index (χ1n) is 10.1. The Morgan fingerprint density at radius 2 is 1.97 bits per heavy atom. The Morgan fingerprint density at radius 1 is 1.09 bits per heavy atom. The van der Waals surface area contributed by atoms with E-state index in [1.807, 2.05) is 42.6 Å². The van der Waals surface area contributed by atoms with Crippen molar-refractivity contribution in [2.45, 2.75) is 13.0 Å². The summed E-state index contributed by atoms with van der Waals surface area (Å²) in [7, 11) is 0. The molecule has 0 aliphatic carbocycles. The van der Waals surface area contributed by atoms with Crippen molar-refractivity contribution in [2.75, 3.05) is 18.5 Å². The van der Waals surface area contributed by atoms with Crippen LogP contribution in [-0.2, 0) is 6.54 Å². The van der Waals surface area contributed by atoms with E-state index in [2.05, 4.69) is 15.6 Å². The molecule has 32 heavy (non-hydrogen) atoms. The lowest BCUT2D eigenvalue weighted by Crippen LogP contribution is -2.17. The van der Waals surface area contributed by atoms with Gasteiger partial charge in [-0.15, -0.1) is 0 Å². The molecule has 2 heterocycles. The normalized spacial score (nSPS) is 10.9. The number of aromatic nitrogens is 1. The lowest BCUT2D eigenvalue weighted by molar-refractivity contribution is 0.306. The van der Waals surface area contributed by atoms with Crippen LogP contribution in [0.1, 0.15) is 17.7 Å².